The van der Waals surface area contributed by atoms with Crippen molar-refractivity contribution in [1.82, 2.24) is 9.88 Å². The Balaban J connectivity index is 1.76. The van der Waals surface area contributed by atoms with E-state index < -0.39 is 10.0 Å². The van der Waals surface area contributed by atoms with Crippen LogP contribution in [-0.4, -0.2) is 36.5 Å². The molecule has 0 bridgehead atoms. The van der Waals surface area contributed by atoms with E-state index in [1.807, 2.05) is 30.5 Å². The van der Waals surface area contributed by atoms with Crippen molar-refractivity contribution >= 4 is 26.8 Å². The molecule has 2 heterocycles. The molecule has 1 aromatic heterocycles. The molecule has 1 aliphatic heterocycles. The number of primary sulfonamides is 1. The summed E-state index contributed by atoms with van der Waals surface area (Å²) in [5, 5.41) is 6.15. The molecular weight excluding hydrogens is 290 g/mol. The fourth-order valence-electron chi connectivity index (χ4n) is 2.93. The monoisotopic (exact) mass is 307 g/mol. The molecule has 1 unspecified atom stereocenters. The predicted octanol–water partition coefficient (Wildman–Crippen LogP) is 0.805. The van der Waals surface area contributed by atoms with E-state index in [0.29, 0.717) is 13.1 Å². The standard InChI is InChI=1S/C14H17N3O3S/c15-21(19,20)9-10-6-13(18)17(7-10)8-12-3-1-2-11-4-5-16-14(11)12/h1-5,10,16H,6-9H2,(H2,15,19,20). The normalized spacial score (nSPS) is 19.6. The van der Waals surface area contributed by atoms with E-state index in [9.17, 15) is 13.2 Å². The highest BCUT2D eigenvalue weighted by molar-refractivity contribution is 7.89. The third kappa shape index (κ3) is 3.08. The average molecular weight is 307 g/mol. The maximum atomic E-state index is 12.0. The number of likely N-dealkylation sites (tertiary alicyclic amines) is 1. The zero-order valence-corrected chi connectivity index (χ0v) is 12.3. The number of aromatic amines is 1. The first-order valence-electron chi connectivity index (χ1n) is 6.75. The molecule has 3 rings (SSSR count). The fourth-order valence-corrected chi connectivity index (χ4v) is 3.81. The van der Waals surface area contributed by atoms with Crippen molar-refractivity contribution in [2.45, 2.75) is 13.0 Å². The number of hydrogen-bond donors (Lipinski definition) is 2. The molecular formula is C14H17N3O3S. The maximum Gasteiger partial charge on any atom is 0.223 e. The van der Waals surface area contributed by atoms with E-state index in [-0.39, 0.29) is 24.0 Å². The molecule has 1 aliphatic rings. The van der Waals surface area contributed by atoms with Crippen molar-refractivity contribution in [2.75, 3.05) is 12.3 Å². The van der Waals surface area contributed by atoms with Crippen molar-refractivity contribution in [2.24, 2.45) is 11.1 Å². The first-order valence-corrected chi connectivity index (χ1v) is 8.47. The van der Waals surface area contributed by atoms with Crippen LogP contribution in [0.5, 0.6) is 0 Å². The van der Waals surface area contributed by atoms with E-state index >= 15 is 0 Å². The van der Waals surface area contributed by atoms with E-state index in [1.165, 1.54) is 0 Å². The van der Waals surface area contributed by atoms with Crippen LogP contribution in [0.2, 0.25) is 0 Å². The highest BCUT2D eigenvalue weighted by atomic mass is 32.2. The van der Waals surface area contributed by atoms with Crippen molar-refractivity contribution in [3.8, 4) is 0 Å². The molecule has 1 aromatic carbocycles. The molecule has 0 radical (unpaired) electrons. The van der Waals surface area contributed by atoms with E-state index in [2.05, 4.69) is 4.98 Å². The molecule has 1 atom stereocenters. The minimum atomic E-state index is -3.54. The SMILES string of the molecule is NS(=O)(=O)CC1CC(=O)N(Cc2cccc3cc[nH]c23)C1. The van der Waals surface area contributed by atoms with Gasteiger partial charge >= 0.3 is 0 Å². The number of sulfonamides is 1. The van der Waals surface area contributed by atoms with Gasteiger partial charge in [-0.15, -0.1) is 0 Å². The lowest BCUT2D eigenvalue weighted by molar-refractivity contribution is -0.128. The van der Waals surface area contributed by atoms with Gasteiger partial charge in [0.15, 0.2) is 0 Å². The molecule has 1 amide bonds. The van der Waals surface area contributed by atoms with Crippen LogP contribution in [0.25, 0.3) is 10.9 Å². The number of H-pyrrole nitrogens is 1. The summed E-state index contributed by atoms with van der Waals surface area (Å²) in [5.74, 6) is -0.371. The number of fused-ring (bicyclic) bond motifs is 1. The van der Waals surface area contributed by atoms with Crippen molar-refractivity contribution < 1.29 is 13.2 Å². The number of nitrogens with zero attached hydrogens (tertiary/aromatic N) is 1. The second kappa shape index (κ2) is 5.16. The van der Waals surface area contributed by atoms with Crippen LogP contribution < -0.4 is 5.14 Å². The number of carbonyl (C=O) groups is 1. The number of amides is 1. The predicted molar refractivity (Wildman–Crippen MR) is 79.8 cm³/mol. The fraction of sp³-hybridized carbons (Fsp3) is 0.357. The number of rotatable bonds is 4. The van der Waals surface area contributed by atoms with Gasteiger partial charge in [0.2, 0.25) is 15.9 Å². The zero-order valence-electron chi connectivity index (χ0n) is 11.5. The first-order chi connectivity index (χ1) is 9.92. The Morgan fingerprint density at radius 2 is 2.14 bits per heavy atom. The topological polar surface area (TPSA) is 96.3 Å². The van der Waals surface area contributed by atoms with Gasteiger partial charge in [0.25, 0.3) is 0 Å². The number of nitrogens with one attached hydrogen (secondary N) is 1. The summed E-state index contributed by atoms with van der Waals surface area (Å²) in [5.41, 5.74) is 2.04. The van der Waals surface area contributed by atoms with Gasteiger partial charge < -0.3 is 9.88 Å². The summed E-state index contributed by atoms with van der Waals surface area (Å²) in [6, 6.07) is 7.91. The van der Waals surface area contributed by atoms with Gasteiger partial charge in [-0.05, 0) is 17.0 Å². The van der Waals surface area contributed by atoms with Gasteiger partial charge in [0, 0.05) is 31.6 Å². The summed E-state index contributed by atoms with van der Waals surface area (Å²) in [7, 11) is -3.54. The molecule has 112 valence electrons. The number of para-hydroxylation sites is 1. The zero-order chi connectivity index (χ0) is 15.0. The summed E-state index contributed by atoms with van der Waals surface area (Å²) < 4.78 is 22.3. The van der Waals surface area contributed by atoms with E-state index in [0.717, 1.165) is 16.5 Å². The van der Waals surface area contributed by atoms with Crippen LogP contribution >= 0.6 is 0 Å². The number of aromatic nitrogens is 1. The summed E-state index contributed by atoms with van der Waals surface area (Å²) in [6.07, 6.45) is 2.11. The van der Waals surface area contributed by atoms with Gasteiger partial charge in [-0.2, -0.15) is 0 Å². The first kappa shape index (κ1) is 14.1. The lowest BCUT2D eigenvalue weighted by Gasteiger charge is -2.17. The lowest BCUT2D eigenvalue weighted by atomic mass is 10.1. The number of nitrogens with two attached hydrogens (primary N) is 1. The van der Waals surface area contributed by atoms with Crippen LogP contribution in [0.4, 0.5) is 0 Å². The molecule has 1 fully saturated rings. The Morgan fingerprint density at radius 3 is 2.90 bits per heavy atom. The van der Waals surface area contributed by atoms with Crippen molar-refractivity contribution in [3.63, 3.8) is 0 Å². The second-order valence-corrected chi connectivity index (χ2v) is 7.19. The minimum Gasteiger partial charge on any atom is -0.361 e. The van der Waals surface area contributed by atoms with E-state index in [4.69, 9.17) is 5.14 Å². The maximum absolute atomic E-state index is 12.0. The Labute approximate surface area is 123 Å². The Bertz CT molecular complexity index is 782. The third-order valence-electron chi connectivity index (χ3n) is 3.80. The number of benzene rings is 1. The minimum absolute atomic E-state index is 0.0211. The van der Waals surface area contributed by atoms with Crippen molar-refractivity contribution in [1.29, 1.82) is 0 Å². The quantitative estimate of drug-likeness (QED) is 0.874. The van der Waals surface area contributed by atoms with Crippen molar-refractivity contribution in [3.05, 3.63) is 36.0 Å². The van der Waals surface area contributed by atoms with Crippen LogP contribution in [0.1, 0.15) is 12.0 Å². The second-order valence-electron chi connectivity index (χ2n) is 5.53. The third-order valence-corrected chi connectivity index (χ3v) is 4.73. The average Bonchev–Trinajstić information content (AvgIpc) is 2.95. The molecule has 0 aliphatic carbocycles. The molecule has 7 heteroatoms. The highest BCUT2D eigenvalue weighted by Gasteiger charge is 2.32. The summed E-state index contributed by atoms with van der Waals surface area (Å²) in [4.78, 5) is 16.9. The largest absolute Gasteiger partial charge is 0.361 e. The molecule has 1 saturated heterocycles. The molecule has 21 heavy (non-hydrogen) atoms. The smallest absolute Gasteiger partial charge is 0.223 e. The molecule has 0 saturated carbocycles. The molecule has 2 aromatic rings. The Hall–Kier alpha value is -1.86. The van der Waals surface area contributed by atoms with Gasteiger partial charge in [0.05, 0.1) is 11.3 Å². The molecule has 3 N–H and O–H groups in total. The summed E-state index contributed by atoms with van der Waals surface area (Å²) >= 11 is 0. The molecule has 6 nitrogen and oxygen atoms in total. The lowest BCUT2D eigenvalue weighted by Crippen LogP contribution is -2.27. The van der Waals surface area contributed by atoms with Gasteiger partial charge in [-0.25, -0.2) is 13.6 Å². The number of hydrogen-bond acceptors (Lipinski definition) is 3. The van der Waals surface area contributed by atoms with Crippen LogP contribution in [0.3, 0.4) is 0 Å². The van der Waals surface area contributed by atoms with Crippen LogP contribution in [0, 0.1) is 5.92 Å². The highest BCUT2D eigenvalue weighted by Crippen LogP contribution is 2.24. The Morgan fingerprint density at radius 1 is 1.33 bits per heavy atom. The van der Waals surface area contributed by atoms with Crippen LogP contribution in [-0.2, 0) is 21.4 Å². The van der Waals surface area contributed by atoms with Gasteiger partial charge in [-0.3, -0.25) is 4.79 Å². The van der Waals surface area contributed by atoms with Crippen LogP contribution in [0.15, 0.2) is 30.5 Å². The van der Waals surface area contributed by atoms with Gasteiger partial charge in [-0.1, -0.05) is 18.2 Å². The summed E-state index contributed by atoms with van der Waals surface area (Å²) in [6.45, 7) is 0.921. The number of carbonyl (C=O) groups excluding carboxylic acids is 1. The van der Waals surface area contributed by atoms with Gasteiger partial charge in [0.1, 0.15) is 0 Å². The Kier molecular flexibility index (Phi) is 3.46. The van der Waals surface area contributed by atoms with E-state index in [1.54, 1.807) is 4.90 Å². The molecule has 0 spiro atoms.